The number of thiophene rings is 1. The fourth-order valence-electron chi connectivity index (χ4n) is 3.17. The van der Waals surface area contributed by atoms with Gasteiger partial charge in [-0.25, -0.2) is 9.78 Å². The first-order valence-electron chi connectivity index (χ1n) is 9.36. The molecule has 2 aromatic carbocycles. The zero-order valence-corrected chi connectivity index (χ0v) is 17.6. The van der Waals surface area contributed by atoms with Gasteiger partial charge in [0.1, 0.15) is 15.5 Å². The van der Waals surface area contributed by atoms with Crippen molar-refractivity contribution in [3.05, 3.63) is 70.6 Å². The lowest BCUT2D eigenvalue weighted by Crippen LogP contribution is -2.13. The number of aryl methyl sites for hydroxylation is 1. The Kier molecular flexibility index (Phi) is 5.31. The topological polar surface area (TPSA) is 115 Å². The van der Waals surface area contributed by atoms with Crippen molar-refractivity contribution in [3.63, 3.8) is 0 Å². The van der Waals surface area contributed by atoms with Crippen molar-refractivity contribution in [3.8, 4) is 17.0 Å². The SMILES string of the molecule is COc1ccc(C(=O)O)cc1NC(=O)c1sc2nc(-c3ccc(C)cc3)ccc2c1N. The molecule has 0 spiro atoms. The second-order valence-electron chi connectivity index (χ2n) is 6.93. The summed E-state index contributed by atoms with van der Waals surface area (Å²) in [5, 5.41) is 12.6. The third-order valence-electron chi connectivity index (χ3n) is 4.84. The van der Waals surface area contributed by atoms with Crippen LogP contribution < -0.4 is 15.8 Å². The Bertz CT molecular complexity index is 1310. The third-order valence-corrected chi connectivity index (χ3v) is 5.96. The number of methoxy groups -OCH3 is 1. The van der Waals surface area contributed by atoms with E-state index in [0.717, 1.165) is 16.8 Å². The van der Waals surface area contributed by atoms with Gasteiger partial charge in [0.2, 0.25) is 0 Å². The van der Waals surface area contributed by atoms with Gasteiger partial charge in [0, 0.05) is 10.9 Å². The van der Waals surface area contributed by atoms with Gasteiger partial charge in [-0.15, -0.1) is 11.3 Å². The normalized spacial score (nSPS) is 10.8. The molecule has 2 heterocycles. The molecule has 156 valence electrons. The van der Waals surface area contributed by atoms with E-state index in [2.05, 4.69) is 10.3 Å². The average molecular weight is 433 g/mol. The van der Waals surface area contributed by atoms with Gasteiger partial charge in [-0.2, -0.15) is 0 Å². The molecule has 0 saturated heterocycles. The maximum absolute atomic E-state index is 12.9. The number of rotatable bonds is 5. The van der Waals surface area contributed by atoms with Crippen LogP contribution in [0.4, 0.5) is 11.4 Å². The first kappa shape index (κ1) is 20.4. The number of nitrogens with zero attached hydrogens (tertiary/aromatic N) is 1. The van der Waals surface area contributed by atoms with Crippen LogP contribution in [-0.2, 0) is 0 Å². The highest BCUT2D eigenvalue weighted by atomic mass is 32.1. The molecule has 31 heavy (non-hydrogen) atoms. The van der Waals surface area contributed by atoms with E-state index in [1.54, 1.807) is 0 Å². The molecular weight excluding hydrogens is 414 g/mol. The van der Waals surface area contributed by atoms with Crippen molar-refractivity contribution in [2.75, 3.05) is 18.2 Å². The number of anilines is 2. The van der Waals surface area contributed by atoms with Crippen molar-refractivity contribution in [1.82, 2.24) is 4.98 Å². The quantitative estimate of drug-likeness (QED) is 0.416. The summed E-state index contributed by atoms with van der Waals surface area (Å²) in [4.78, 5) is 29.8. The maximum atomic E-state index is 12.9. The van der Waals surface area contributed by atoms with Crippen LogP contribution in [0.2, 0.25) is 0 Å². The predicted molar refractivity (Wildman–Crippen MR) is 122 cm³/mol. The summed E-state index contributed by atoms with van der Waals surface area (Å²) in [7, 11) is 1.44. The molecule has 0 fully saturated rings. The number of fused-ring (bicyclic) bond motifs is 1. The van der Waals surface area contributed by atoms with E-state index >= 15 is 0 Å². The number of carboxylic acids is 1. The number of aromatic nitrogens is 1. The van der Waals surface area contributed by atoms with Crippen LogP contribution in [0.25, 0.3) is 21.5 Å². The summed E-state index contributed by atoms with van der Waals surface area (Å²) in [6.45, 7) is 2.02. The summed E-state index contributed by atoms with van der Waals surface area (Å²) in [5.41, 5.74) is 9.76. The van der Waals surface area contributed by atoms with Crippen LogP contribution in [0, 0.1) is 6.92 Å². The Labute approximate surface area is 182 Å². The van der Waals surface area contributed by atoms with E-state index in [-0.39, 0.29) is 11.3 Å². The fraction of sp³-hybridized carbons (Fsp3) is 0.0870. The van der Waals surface area contributed by atoms with Crippen molar-refractivity contribution in [2.45, 2.75) is 6.92 Å². The molecule has 0 bridgehead atoms. The number of nitrogens with one attached hydrogen (secondary N) is 1. The fourth-order valence-corrected chi connectivity index (χ4v) is 4.16. The first-order chi connectivity index (χ1) is 14.9. The molecule has 4 aromatic rings. The second kappa shape index (κ2) is 8.08. The average Bonchev–Trinajstić information content (AvgIpc) is 3.10. The smallest absolute Gasteiger partial charge is 0.335 e. The highest BCUT2D eigenvalue weighted by Crippen LogP contribution is 2.35. The van der Waals surface area contributed by atoms with Gasteiger partial charge in [0.25, 0.3) is 5.91 Å². The molecular formula is C23H19N3O4S. The summed E-state index contributed by atoms with van der Waals surface area (Å²) in [5.74, 6) is -1.22. The first-order valence-corrected chi connectivity index (χ1v) is 10.2. The number of carboxylic acid groups (broad SMARTS) is 1. The molecule has 0 aliphatic heterocycles. The number of hydrogen-bond acceptors (Lipinski definition) is 6. The summed E-state index contributed by atoms with van der Waals surface area (Å²) < 4.78 is 5.23. The molecule has 0 saturated carbocycles. The summed E-state index contributed by atoms with van der Waals surface area (Å²) >= 11 is 1.18. The van der Waals surface area contributed by atoms with E-state index in [1.807, 2.05) is 43.3 Å². The lowest BCUT2D eigenvalue weighted by Gasteiger charge is -2.10. The van der Waals surface area contributed by atoms with Crippen LogP contribution in [0.1, 0.15) is 25.6 Å². The Morgan fingerprint density at radius 1 is 1.10 bits per heavy atom. The molecule has 0 radical (unpaired) electrons. The number of hydrogen-bond donors (Lipinski definition) is 3. The number of ether oxygens (including phenoxy) is 1. The van der Waals surface area contributed by atoms with E-state index < -0.39 is 11.9 Å². The molecule has 0 aliphatic carbocycles. The minimum atomic E-state index is -1.10. The number of aromatic carboxylic acids is 1. The number of carbonyl (C=O) groups is 2. The highest BCUT2D eigenvalue weighted by Gasteiger charge is 2.20. The summed E-state index contributed by atoms with van der Waals surface area (Å²) in [6, 6.07) is 16.0. The number of nitrogen functional groups attached to an aromatic ring is 1. The van der Waals surface area contributed by atoms with Gasteiger partial charge in [-0.05, 0) is 37.3 Å². The molecule has 4 rings (SSSR count). The van der Waals surface area contributed by atoms with E-state index in [9.17, 15) is 14.7 Å². The minimum Gasteiger partial charge on any atom is -0.495 e. The van der Waals surface area contributed by atoms with Crippen LogP contribution in [0.15, 0.2) is 54.6 Å². The van der Waals surface area contributed by atoms with E-state index in [0.29, 0.717) is 26.5 Å². The maximum Gasteiger partial charge on any atom is 0.335 e. The largest absolute Gasteiger partial charge is 0.495 e. The van der Waals surface area contributed by atoms with Gasteiger partial charge in [-0.1, -0.05) is 29.8 Å². The second-order valence-corrected chi connectivity index (χ2v) is 7.93. The van der Waals surface area contributed by atoms with E-state index in [1.165, 1.54) is 36.6 Å². The number of nitrogens with two attached hydrogens (primary N) is 1. The zero-order valence-electron chi connectivity index (χ0n) is 16.8. The Morgan fingerprint density at radius 3 is 2.52 bits per heavy atom. The molecule has 8 heteroatoms. The van der Waals surface area contributed by atoms with Crippen molar-refractivity contribution < 1.29 is 19.4 Å². The monoisotopic (exact) mass is 433 g/mol. The zero-order chi connectivity index (χ0) is 22.1. The third kappa shape index (κ3) is 3.93. The van der Waals surface area contributed by atoms with Crippen LogP contribution in [-0.4, -0.2) is 29.1 Å². The van der Waals surface area contributed by atoms with E-state index in [4.69, 9.17) is 10.5 Å². The molecule has 2 aromatic heterocycles. The van der Waals surface area contributed by atoms with Gasteiger partial charge in [0.15, 0.2) is 0 Å². The molecule has 4 N–H and O–H groups in total. The molecule has 0 unspecified atom stereocenters. The van der Waals surface area contributed by atoms with Crippen LogP contribution in [0.3, 0.4) is 0 Å². The van der Waals surface area contributed by atoms with Gasteiger partial charge >= 0.3 is 5.97 Å². The lowest BCUT2D eigenvalue weighted by molar-refractivity contribution is 0.0696. The number of carbonyl (C=O) groups excluding carboxylic acids is 1. The minimum absolute atomic E-state index is 0.0322. The Morgan fingerprint density at radius 2 is 1.84 bits per heavy atom. The molecule has 1 amide bonds. The van der Waals surface area contributed by atoms with Crippen molar-refractivity contribution in [2.24, 2.45) is 0 Å². The number of amides is 1. The van der Waals surface area contributed by atoms with Gasteiger partial charge in [-0.3, -0.25) is 4.79 Å². The Hall–Kier alpha value is -3.91. The van der Waals surface area contributed by atoms with Crippen molar-refractivity contribution in [1.29, 1.82) is 0 Å². The number of pyridine rings is 1. The standard InChI is InChI=1S/C23H19N3O4S/c1-12-3-5-13(6-4-12)16-9-8-15-19(24)20(31-22(15)26-16)21(27)25-17-11-14(23(28)29)7-10-18(17)30-2/h3-11H,24H2,1-2H3,(H,25,27)(H,28,29). The molecule has 0 atom stereocenters. The Balaban J connectivity index is 1.69. The predicted octanol–water partition coefficient (Wildman–Crippen LogP) is 4.81. The van der Waals surface area contributed by atoms with Crippen molar-refractivity contribution >= 4 is 44.8 Å². The highest BCUT2D eigenvalue weighted by molar-refractivity contribution is 7.21. The van der Waals surface area contributed by atoms with Gasteiger partial charge < -0.3 is 20.9 Å². The molecule has 0 aliphatic rings. The number of benzene rings is 2. The molecule has 7 nitrogen and oxygen atoms in total. The summed E-state index contributed by atoms with van der Waals surface area (Å²) in [6.07, 6.45) is 0. The lowest BCUT2D eigenvalue weighted by atomic mass is 10.1. The van der Waals surface area contributed by atoms with Crippen LogP contribution in [0.5, 0.6) is 5.75 Å². The van der Waals surface area contributed by atoms with Gasteiger partial charge in [0.05, 0.1) is 29.7 Å². The van der Waals surface area contributed by atoms with Crippen LogP contribution >= 0.6 is 11.3 Å².